The predicted molar refractivity (Wildman–Crippen MR) is 92.4 cm³/mol. The highest BCUT2D eigenvalue weighted by atomic mass is 16.3. The minimum atomic E-state index is -0.489. The van der Waals surface area contributed by atoms with Gasteiger partial charge in [-0.25, -0.2) is 0 Å². The highest BCUT2D eigenvalue weighted by Crippen LogP contribution is 2.22. The van der Waals surface area contributed by atoms with Crippen molar-refractivity contribution in [2.45, 2.75) is 19.9 Å². The Morgan fingerprint density at radius 2 is 1.96 bits per heavy atom. The largest absolute Gasteiger partial charge is 0.394 e. The van der Waals surface area contributed by atoms with E-state index < -0.39 is 6.04 Å². The Bertz CT molecular complexity index is 863. The second-order valence-corrected chi connectivity index (χ2v) is 5.78. The molecule has 1 heterocycles. The van der Waals surface area contributed by atoms with Crippen molar-refractivity contribution < 1.29 is 9.90 Å². The molecule has 0 saturated carbocycles. The molecule has 2 aromatic carbocycles. The fourth-order valence-corrected chi connectivity index (χ4v) is 2.70. The van der Waals surface area contributed by atoms with E-state index in [0.717, 1.165) is 16.7 Å². The number of aromatic nitrogens is 4. The Morgan fingerprint density at radius 3 is 2.60 bits per heavy atom. The zero-order chi connectivity index (χ0) is 17.8. The van der Waals surface area contributed by atoms with E-state index in [-0.39, 0.29) is 12.5 Å². The molecule has 3 aromatic rings. The molecule has 1 atom stereocenters. The molecule has 1 aromatic heterocycles. The number of rotatable bonds is 5. The number of carbonyl (C=O) groups excluding carboxylic acids is 1. The van der Waals surface area contributed by atoms with Crippen LogP contribution in [0.25, 0.3) is 5.69 Å². The number of aliphatic hydroxyl groups is 1. The Hall–Kier alpha value is -3.06. The Labute approximate surface area is 145 Å². The molecule has 1 amide bonds. The molecule has 0 bridgehead atoms. The molecule has 7 nitrogen and oxygen atoms in total. The molecule has 0 spiro atoms. The first-order valence-corrected chi connectivity index (χ1v) is 7.92. The fraction of sp³-hybridized carbons (Fsp3) is 0.222. The van der Waals surface area contributed by atoms with Gasteiger partial charge in [0.25, 0.3) is 5.91 Å². The Balaban J connectivity index is 1.96. The van der Waals surface area contributed by atoms with E-state index in [1.807, 2.05) is 50.2 Å². The van der Waals surface area contributed by atoms with E-state index in [1.165, 1.54) is 11.0 Å². The van der Waals surface area contributed by atoms with E-state index in [4.69, 9.17) is 0 Å². The Kier molecular flexibility index (Phi) is 4.85. The van der Waals surface area contributed by atoms with Crippen molar-refractivity contribution in [3.63, 3.8) is 0 Å². The summed E-state index contributed by atoms with van der Waals surface area (Å²) in [6.07, 6.45) is 1.46. The van der Waals surface area contributed by atoms with Crippen molar-refractivity contribution in [1.82, 2.24) is 25.5 Å². The Morgan fingerprint density at radius 1 is 1.20 bits per heavy atom. The normalized spacial score (nSPS) is 12.0. The van der Waals surface area contributed by atoms with Gasteiger partial charge in [0.1, 0.15) is 6.33 Å². The van der Waals surface area contributed by atoms with E-state index in [2.05, 4.69) is 20.8 Å². The van der Waals surface area contributed by atoms with Crippen LogP contribution in [0.1, 0.15) is 33.1 Å². The fourth-order valence-electron chi connectivity index (χ4n) is 2.70. The lowest BCUT2D eigenvalue weighted by Crippen LogP contribution is -2.31. The van der Waals surface area contributed by atoms with Crippen molar-refractivity contribution in [1.29, 1.82) is 0 Å². The molecule has 128 valence electrons. The average Bonchev–Trinajstić information content (AvgIpc) is 3.16. The van der Waals surface area contributed by atoms with Crippen LogP contribution < -0.4 is 5.32 Å². The SMILES string of the molecule is Cc1ccc(C(=O)N[C@@H](CO)c2ccccc2)c(-n2cnnn2)c1C. The summed E-state index contributed by atoms with van der Waals surface area (Å²) in [4.78, 5) is 12.9. The second kappa shape index (κ2) is 7.23. The van der Waals surface area contributed by atoms with Gasteiger partial charge in [0, 0.05) is 0 Å². The van der Waals surface area contributed by atoms with E-state index in [1.54, 1.807) is 6.07 Å². The first kappa shape index (κ1) is 16.8. The number of tetrazole rings is 1. The van der Waals surface area contributed by atoms with Crippen molar-refractivity contribution >= 4 is 5.91 Å². The van der Waals surface area contributed by atoms with Crippen molar-refractivity contribution in [2.75, 3.05) is 6.61 Å². The first-order chi connectivity index (χ1) is 12.1. The van der Waals surface area contributed by atoms with Gasteiger partial charge >= 0.3 is 0 Å². The highest BCUT2D eigenvalue weighted by Gasteiger charge is 2.20. The minimum absolute atomic E-state index is 0.194. The van der Waals surface area contributed by atoms with Crippen LogP contribution in [0.5, 0.6) is 0 Å². The number of hydrogen-bond acceptors (Lipinski definition) is 5. The number of hydrogen-bond donors (Lipinski definition) is 2. The number of aliphatic hydroxyl groups excluding tert-OH is 1. The number of aryl methyl sites for hydroxylation is 1. The zero-order valence-corrected chi connectivity index (χ0v) is 14.0. The van der Waals surface area contributed by atoms with Gasteiger partial charge < -0.3 is 10.4 Å². The molecule has 0 aliphatic carbocycles. The van der Waals surface area contributed by atoms with Crippen LogP contribution in [0.3, 0.4) is 0 Å². The maximum atomic E-state index is 12.9. The summed E-state index contributed by atoms with van der Waals surface area (Å²) < 4.78 is 1.48. The predicted octanol–water partition coefficient (Wildman–Crippen LogP) is 1.74. The maximum absolute atomic E-state index is 12.9. The molecule has 0 aliphatic heterocycles. The van der Waals surface area contributed by atoms with Crippen molar-refractivity contribution in [3.8, 4) is 5.69 Å². The molecule has 0 radical (unpaired) electrons. The first-order valence-electron chi connectivity index (χ1n) is 7.92. The molecule has 7 heteroatoms. The summed E-state index contributed by atoms with van der Waals surface area (Å²) in [6.45, 7) is 3.69. The van der Waals surface area contributed by atoms with Crippen LogP contribution in [-0.4, -0.2) is 37.8 Å². The van der Waals surface area contributed by atoms with Gasteiger partial charge in [-0.05, 0) is 47.0 Å². The standard InChI is InChI=1S/C18H19N5O2/c1-12-8-9-15(17(13(12)2)23-11-19-21-22-23)18(25)20-16(10-24)14-6-4-3-5-7-14/h3-9,11,16,24H,10H2,1-2H3,(H,20,25)/t16-/m0/s1. The molecule has 0 fully saturated rings. The minimum Gasteiger partial charge on any atom is -0.394 e. The monoisotopic (exact) mass is 337 g/mol. The summed E-state index contributed by atoms with van der Waals surface area (Å²) in [5.41, 5.74) is 3.87. The van der Waals surface area contributed by atoms with Crippen molar-refractivity contribution in [2.24, 2.45) is 0 Å². The lowest BCUT2D eigenvalue weighted by atomic mass is 10.0. The third-order valence-electron chi connectivity index (χ3n) is 4.21. The smallest absolute Gasteiger partial charge is 0.254 e. The van der Waals surface area contributed by atoms with Gasteiger partial charge in [-0.3, -0.25) is 4.79 Å². The molecular formula is C18H19N5O2. The molecule has 0 saturated heterocycles. The molecular weight excluding hydrogens is 318 g/mol. The number of carbonyl (C=O) groups is 1. The third-order valence-corrected chi connectivity index (χ3v) is 4.21. The summed E-state index contributed by atoms with van der Waals surface area (Å²) >= 11 is 0. The third kappa shape index (κ3) is 3.41. The lowest BCUT2D eigenvalue weighted by Gasteiger charge is -2.19. The van der Waals surface area contributed by atoms with Gasteiger partial charge in [-0.15, -0.1) is 5.10 Å². The van der Waals surface area contributed by atoms with E-state index in [0.29, 0.717) is 11.3 Å². The molecule has 0 unspecified atom stereocenters. The zero-order valence-electron chi connectivity index (χ0n) is 14.0. The van der Waals surface area contributed by atoms with Crippen LogP contribution >= 0.6 is 0 Å². The quantitative estimate of drug-likeness (QED) is 0.740. The average molecular weight is 337 g/mol. The van der Waals surface area contributed by atoms with Gasteiger partial charge in [0.15, 0.2) is 0 Å². The summed E-state index contributed by atoms with van der Waals surface area (Å²) in [6, 6.07) is 12.5. The molecule has 0 aliphatic rings. The number of amides is 1. The second-order valence-electron chi connectivity index (χ2n) is 5.78. The topological polar surface area (TPSA) is 92.9 Å². The van der Waals surface area contributed by atoms with Gasteiger partial charge in [0.2, 0.25) is 0 Å². The van der Waals surface area contributed by atoms with E-state index in [9.17, 15) is 9.90 Å². The summed E-state index contributed by atoms with van der Waals surface area (Å²) in [5.74, 6) is -0.295. The highest BCUT2D eigenvalue weighted by molar-refractivity contribution is 5.98. The molecule has 3 rings (SSSR count). The molecule has 25 heavy (non-hydrogen) atoms. The van der Waals surface area contributed by atoms with Gasteiger partial charge in [0.05, 0.1) is 23.9 Å². The van der Waals surface area contributed by atoms with Crippen LogP contribution in [0.4, 0.5) is 0 Å². The molecule has 2 N–H and O–H groups in total. The van der Waals surface area contributed by atoms with Crippen LogP contribution in [0, 0.1) is 13.8 Å². The maximum Gasteiger partial charge on any atom is 0.254 e. The lowest BCUT2D eigenvalue weighted by molar-refractivity contribution is 0.0916. The van der Waals surface area contributed by atoms with Crippen LogP contribution in [0.2, 0.25) is 0 Å². The van der Waals surface area contributed by atoms with Crippen molar-refractivity contribution in [3.05, 3.63) is 71.0 Å². The summed E-state index contributed by atoms with van der Waals surface area (Å²) in [7, 11) is 0. The number of benzene rings is 2. The van der Waals surface area contributed by atoms with Gasteiger partial charge in [-0.1, -0.05) is 36.4 Å². The van der Waals surface area contributed by atoms with Crippen LogP contribution in [0.15, 0.2) is 48.8 Å². The van der Waals surface area contributed by atoms with E-state index >= 15 is 0 Å². The summed E-state index contributed by atoms with van der Waals surface area (Å²) in [5, 5.41) is 23.8. The van der Waals surface area contributed by atoms with Gasteiger partial charge in [-0.2, -0.15) is 4.68 Å². The number of nitrogens with one attached hydrogen (secondary N) is 1. The van der Waals surface area contributed by atoms with Crippen LogP contribution in [-0.2, 0) is 0 Å². The number of nitrogens with zero attached hydrogens (tertiary/aromatic N) is 4.